The first-order chi connectivity index (χ1) is 10.8. The third kappa shape index (κ3) is 4.60. The van der Waals surface area contributed by atoms with Crippen LogP contribution >= 0.6 is 0 Å². The van der Waals surface area contributed by atoms with Crippen LogP contribution in [0.15, 0.2) is 0 Å². The van der Waals surface area contributed by atoms with Crippen LogP contribution in [0.4, 0.5) is 0 Å². The molecule has 0 radical (unpaired) electrons. The molecule has 0 aromatic carbocycles. The summed E-state index contributed by atoms with van der Waals surface area (Å²) >= 11 is 0. The van der Waals surface area contributed by atoms with Gasteiger partial charge in [0.15, 0.2) is 0 Å². The molecule has 0 aromatic heterocycles. The van der Waals surface area contributed by atoms with Gasteiger partial charge in [-0.2, -0.15) is 0 Å². The van der Waals surface area contributed by atoms with E-state index in [2.05, 4.69) is 11.1 Å². The Bertz CT molecular complexity index is 283. The van der Waals surface area contributed by atoms with Crippen molar-refractivity contribution in [3.05, 3.63) is 0 Å². The third-order valence-corrected chi connectivity index (χ3v) is 10.1. The molecular weight excluding hydrogens is 282 g/mol. The van der Waals surface area contributed by atoms with Crippen LogP contribution < -0.4 is 0 Å². The minimum absolute atomic E-state index is 0.703. The molecule has 3 fully saturated rings. The van der Waals surface area contributed by atoms with Gasteiger partial charge in [0.1, 0.15) is 8.96 Å². The van der Waals surface area contributed by atoms with Crippen LogP contribution in [0.25, 0.3) is 0 Å². The molecule has 1 nitrogen and oxygen atoms in total. The second kappa shape index (κ2) is 8.87. The monoisotopic (exact) mass is 321 g/mol. The maximum atomic E-state index is 3.20. The predicted octanol–water partition coefficient (Wildman–Crippen LogP) is 5.89. The average Bonchev–Trinajstić information content (AvgIpc) is 2.58. The first kappa shape index (κ1) is 17.0. The van der Waals surface area contributed by atoms with E-state index in [1.54, 1.807) is 18.9 Å². The Morgan fingerprint density at radius 2 is 1.05 bits per heavy atom. The van der Waals surface area contributed by atoms with Crippen molar-refractivity contribution in [2.45, 2.75) is 121 Å². The van der Waals surface area contributed by atoms with E-state index < -0.39 is 8.96 Å². The molecule has 2 heteroatoms. The highest BCUT2D eigenvalue weighted by Crippen LogP contribution is 2.34. The Morgan fingerprint density at radius 3 is 1.50 bits per heavy atom. The summed E-state index contributed by atoms with van der Waals surface area (Å²) in [7, 11) is -0.703. The van der Waals surface area contributed by atoms with Gasteiger partial charge in [0.05, 0.1) is 0 Å². The van der Waals surface area contributed by atoms with Crippen LogP contribution in [0.2, 0.25) is 12.6 Å². The zero-order valence-electron chi connectivity index (χ0n) is 15.1. The summed E-state index contributed by atoms with van der Waals surface area (Å²) in [6.07, 6.45) is 22.8. The third-order valence-electron chi connectivity index (χ3n) is 6.90. The fourth-order valence-electron chi connectivity index (χ4n) is 5.80. The normalized spacial score (nSPS) is 28.1. The van der Waals surface area contributed by atoms with Gasteiger partial charge >= 0.3 is 0 Å². The lowest BCUT2D eigenvalue weighted by atomic mass is 9.90. The first-order valence-electron chi connectivity index (χ1n) is 10.6. The first-order valence-corrected chi connectivity index (χ1v) is 13.1. The van der Waals surface area contributed by atoms with Crippen molar-refractivity contribution >= 4 is 8.96 Å². The molecule has 128 valence electrons. The Balaban J connectivity index is 1.62. The Hall–Kier alpha value is 0.177. The SMILES string of the molecule is C[SiH](CC1CCCCC1)N(C1CCCCC1)C1CCCCC1. The molecule has 0 aromatic rings. The van der Waals surface area contributed by atoms with E-state index >= 15 is 0 Å². The lowest BCUT2D eigenvalue weighted by Gasteiger charge is -2.46. The summed E-state index contributed by atoms with van der Waals surface area (Å²) in [6.45, 7) is 2.72. The standard InChI is InChI=1S/C20H39NSi/c1-22(17-18-11-5-2-6-12-18)21(19-13-7-3-8-14-19)20-15-9-4-10-16-20/h18-20,22H,2-17H2,1H3. The quantitative estimate of drug-likeness (QED) is 0.571. The molecule has 0 heterocycles. The average molecular weight is 322 g/mol. The van der Waals surface area contributed by atoms with Crippen LogP contribution in [0.5, 0.6) is 0 Å². The molecule has 3 rings (SSSR count). The van der Waals surface area contributed by atoms with Crippen molar-refractivity contribution in [1.29, 1.82) is 0 Å². The lowest BCUT2D eigenvalue weighted by molar-refractivity contribution is 0.163. The van der Waals surface area contributed by atoms with Gasteiger partial charge in [-0.25, -0.2) is 0 Å². The van der Waals surface area contributed by atoms with Crippen LogP contribution in [0, 0.1) is 5.92 Å². The molecule has 3 aliphatic rings. The second-order valence-corrected chi connectivity index (χ2v) is 11.4. The predicted molar refractivity (Wildman–Crippen MR) is 100.0 cm³/mol. The summed E-state index contributed by atoms with van der Waals surface area (Å²) in [4.78, 5) is 0. The fraction of sp³-hybridized carbons (Fsp3) is 1.00. The number of nitrogens with zero attached hydrogens (tertiary/aromatic N) is 1. The number of hydrogen-bond donors (Lipinski definition) is 0. The molecule has 0 N–H and O–H groups in total. The number of rotatable bonds is 5. The molecule has 0 bridgehead atoms. The van der Waals surface area contributed by atoms with Crippen molar-refractivity contribution in [3.63, 3.8) is 0 Å². The van der Waals surface area contributed by atoms with Gasteiger partial charge in [-0.15, -0.1) is 0 Å². The van der Waals surface area contributed by atoms with Crippen molar-refractivity contribution in [3.8, 4) is 0 Å². The highest BCUT2D eigenvalue weighted by Gasteiger charge is 2.33. The van der Waals surface area contributed by atoms with E-state index in [4.69, 9.17) is 0 Å². The van der Waals surface area contributed by atoms with Gasteiger partial charge in [-0.3, -0.25) is 0 Å². The zero-order valence-corrected chi connectivity index (χ0v) is 16.2. The molecule has 0 aliphatic heterocycles. The summed E-state index contributed by atoms with van der Waals surface area (Å²) < 4.78 is 3.20. The zero-order chi connectivity index (χ0) is 15.2. The second-order valence-electron chi connectivity index (χ2n) is 8.62. The van der Waals surface area contributed by atoms with Crippen LogP contribution in [0.1, 0.15) is 96.3 Å². The van der Waals surface area contributed by atoms with E-state index in [9.17, 15) is 0 Å². The largest absolute Gasteiger partial charge is 0.321 e. The molecular formula is C20H39NSi. The van der Waals surface area contributed by atoms with Gasteiger partial charge in [0.2, 0.25) is 0 Å². The van der Waals surface area contributed by atoms with Crippen molar-refractivity contribution in [2.75, 3.05) is 0 Å². The lowest BCUT2D eigenvalue weighted by Crippen LogP contribution is -2.52. The van der Waals surface area contributed by atoms with Gasteiger partial charge in [0.25, 0.3) is 0 Å². The Labute approximate surface area is 140 Å². The molecule has 0 saturated heterocycles. The smallest absolute Gasteiger partial charge is 0.109 e. The van der Waals surface area contributed by atoms with Gasteiger partial charge < -0.3 is 4.57 Å². The minimum atomic E-state index is -0.703. The molecule has 1 unspecified atom stereocenters. The van der Waals surface area contributed by atoms with Gasteiger partial charge in [-0.1, -0.05) is 77.2 Å². The molecule has 1 atom stereocenters. The fourth-order valence-corrected chi connectivity index (χ4v) is 9.52. The topological polar surface area (TPSA) is 3.24 Å². The van der Waals surface area contributed by atoms with Crippen LogP contribution in [0.3, 0.4) is 0 Å². The summed E-state index contributed by atoms with van der Waals surface area (Å²) in [6, 6.07) is 3.61. The van der Waals surface area contributed by atoms with Crippen molar-refractivity contribution in [2.24, 2.45) is 5.92 Å². The van der Waals surface area contributed by atoms with Crippen LogP contribution in [-0.2, 0) is 0 Å². The summed E-state index contributed by atoms with van der Waals surface area (Å²) in [5.41, 5.74) is 0. The van der Waals surface area contributed by atoms with Crippen LogP contribution in [-0.4, -0.2) is 25.6 Å². The summed E-state index contributed by atoms with van der Waals surface area (Å²) in [5.74, 6) is 1.10. The van der Waals surface area contributed by atoms with E-state index in [-0.39, 0.29) is 0 Å². The minimum Gasteiger partial charge on any atom is -0.321 e. The van der Waals surface area contributed by atoms with Gasteiger partial charge in [0, 0.05) is 12.1 Å². The Morgan fingerprint density at radius 1 is 0.636 bits per heavy atom. The highest BCUT2D eigenvalue weighted by molar-refractivity contribution is 6.54. The van der Waals surface area contributed by atoms with Gasteiger partial charge in [-0.05, 0) is 37.6 Å². The molecule has 22 heavy (non-hydrogen) atoms. The Kier molecular flexibility index (Phi) is 6.86. The summed E-state index contributed by atoms with van der Waals surface area (Å²) in [5, 5.41) is 0. The van der Waals surface area contributed by atoms with Crippen molar-refractivity contribution < 1.29 is 0 Å². The molecule has 3 saturated carbocycles. The number of hydrogen-bond acceptors (Lipinski definition) is 1. The van der Waals surface area contributed by atoms with E-state index in [0.717, 1.165) is 18.0 Å². The maximum Gasteiger partial charge on any atom is 0.109 e. The van der Waals surface area contributed by atoms with Crippen molar-refractivity contribution in [1.82, 2.24) is 4.57 Å². The molecule has 0 spiro atoms. The maximum absolute atomic E-state index is 3.20. The van der Waals surface area contributed by atoms with E-state index in [1.165, 1.54) is 83.5 Å². The molecule has 0 amide bonds. The highest BCUT2D eigenvalue weighted by atomic mass is 28.3. The molecule has 3 aliphatic carbocycles. The van der Waals surface area contributed by atoms with E-state index in [1.807, 2.05) is 0 Å². The van der Waals surface area contributed by atoms with E-state index in [0.29, 0.717) is 0 Å².